The van der Waals surface area contributed by atoms with Gasteiger partial charge in [-0.2, -0.15) is 0 Å². The van der Waals surface area contributed by atoms with E-state index in [0.29, 0.717) is 6.61 Å². The number of halogens is 1. The van der Waals surface area contributed by atoms with Gasteiger partial charge >= 0.3 is 0 Å². The monoisotopic (exact) mass is 435 g/mol. The molecule has 0 unspecified atom stereocenters. The molecule has 0 N–H and O–H groups in total. The highest BCUT2D eigenvalue weighted by Crippen LogP contribution is 2.27. The summed E-state index contributed by atoms with van der Waals surface area (Å²) in [5.41, 5.74) is 3.52. The molecule has 30 heavy (non-hydrogen) atoms. The van der Waals surface area contributed by atoms with E-state index in [4.69, 9.17) is 28.6 Å². The number of ether oxygens (including phenoxy) is 1. The maximum absolute atomic E-state index is 6.12. The van der Waals surface area contributed by atoms with E-state index < -0.39 is 0 Å². The van der Waals surface area contributed by atoms with Gasteiger partial charge in [0.1, 0.15) is 17.3 Å². The molecule has 4 rings (SSSR count). The van der Waals surface area contributed by atoms with Crippen LogP contribution in [0.15, 0.2) is 78.9 Å². The van der Waals surface area contributed by atoms with E-state index in [9.17, 15) is 0 Å². The first-order chi connectivity index (χ1) is 14.7. The maximum atomic E-state index is 6.12. The number of rotatable bonds is 6. The highest BCUT2D eigenvalue weighted by atomic mass is 35.5. The minimum absolute atomic E-state index is 0.496. The number of benzene rings is 3. The van der Waals surface area contributed by atoms with Gasteiger partial charge < -0.3 is 9.64 Å². The van der Waals surface area contributed by atoms with Gasteiger partial charge in [-0.3, -0.25) is 0 Å². The lowest BCUT2D eigenvalue weighted by molar-refractivity contribution is 0.267. The fraction of sp³-hybridized carbons (Fsp3) is 0.269. The molecule has 154 valence electrons. The quantitative estimate of drug-likeness (QED) is 0.407. The summed E-state index contributed by atoms with van der Waals surface area (Å²) in [6, 6.07) is 26.6. The van der Waals surface area contributed by atoms with Gasteiger partial charge in [0, 0.05) is 18.1 Å². The first-order valence-electron chi connectivity index (χ1n) is 10.5. The minimum Gasteiger partial charge on any atom is -0.488 e. The Morgan fingerprint density at radius 2 is 1.53 bits per heavy atom. The van der Waals surface area contributed by atoms with Gasteiger partial charge in [0.15, 0.2) is 0 Å². The normalized spacial score (nSPS) is 14.5. The van der Waals surface area contributed by atoms with Crippen LogP contribution in [0.1, 0.15) is 29.5 Å². The van der Waals surface area contributed by atoms with E-state index in [1.54, 1.807) is 0 Å². The molecule has 0 saturated carbocycles. The van der Waals surface area contributed by atoms with E-state index >= 15 is 0 Å². The highest BCUT2D eigenvalue weighted by molar-refractivity contribution is 7.80. The van der Waals surface area contributed by atoms with E-state index in [1.165, 1.54) is 18.4 Å². The third-order valence-corrected chi connectivity index (χ3v) is 6.42. The molecule has 0 aliphatic carbocycles. The van der Waals surface area contributed by atoms with E-state index in [-0.39, 0.29) is 0 Å². The standard InChI is InChI=1S/C26H26ClNOS/c27-23-12-10-22(11-13-23)19-29-25-9-5-4-8-24(25)26(30)28-16-14-21(15-17-28)18-20-6-2-1-3-7-20/h1-13,21H,14-19H2. The van der Waals surface area contributed by atoms with Crippen LogP contribution in [-0.2, 0) is 13.0 Å². The fourth-order valence-electron chi connectivity index (χ4n) is 3.97. The predicted molar refractivity (Wildman–Crippen MR) is 128 cm³/mol. The lowest BCUT2D eigenvalue weighted by Gasteiger charge is -2.34. The predicted octanol–water partition coefficient (Wildman–Crippen LogP) is 6.55. The molecule has 0 atom stereocenters. The fourth-order valence-corrected chi connectivity index (χ4v) is 4.45. The van der Waals surface area contributed by atoms with Crippen LogP contribution < -0.4 is 4.74 Å². The van der Waals surface area contributed by atoms with Gasteiger partial charge in [-0.05, 0) is 60.6 Å². The number of hydrogen-bond acceptors (Lipinski definition) is 2. The lowest BCUT2D eigenvalue weighted by Crippen LogP contribution is -2.38. The molecule has 1 saturated heterocycles. The number of piperidine rings is 1. The molecule has 3 aromatic rings. The van der Waals surface area contributed by atoms with Crippen LogP contribution in [-0.4, -0.2) is 23.0 Å². The van der Waals surface area contributed by atoms with Gasteiger partial charge in [0.25, 0.3) is 0 Å². The summed E-state index contributed by atoms with van der Waals surface area (Å²) in [7, 11) is 0. The van der Waals surface area contributed by atoms with Crippen molar-refractivity contribution in [2.24, 2.45) is 5.92 Å². The lowest BCUT2D eigenvalue weighted by atomic mass is 9.90. The van der Waals surface area contributed by atoms with Crippen LogP contribution in [0, 0.1) is 5.92 Å². The Morgan fingerprint density at radius 3 is 2.27 bits per heavy atom. The van der Waals surface area contributed by atoms with Gasteiger partial charge in [-0.15, -0.1) is 0 Å². The summed E-state index contributed by atoms with van der Waals surface area (Å²) < 4.78 is 6.12. The van der Waals surface area contributed by atoms with E-state index in [2.05, 4.69) is 41.3 Å². The second kappa shape index (κ2) is 10.1. The molecule has 1 fully saturated rings. The van der Waals surface area contributed by atoms with Crippen LogP contribution in [0.4, 0.5) is 0 Å². The Balaban J connectivity index is 1.36. The Kier molecular flexibility index (Phi) is 7.03. The number of likely N-dealkylation sites (tertiary alicyclic amines) is 1. The maximum Gasteiger partial charge on any atom is 0.130 e. The average molecular weight is 436 g/mol. The topological polar surface area (TPSA) is 12.5 Å². The Labute approximate surface area is 189 Å². The second-order valence-corrected chi connectivity index (χ2v) is 8.66. The van der Waals surface area contributed by atoms with Crippen molar-refractivity contribution in [1.82, 2.24) is 4.90 Å². The molecule has 0 bridgehead atoms. The van der Waals surface area contributed by atoms with Crippen molar-refractivity contribution < 1.29 is 4.74 Å². The minimum atomic E-state index is 0.496. The highest BCUT2D eigenvalue weighted by Gasteiger charge is 2.23. The first-order valence-corrected chi connectivity index (χ1v) is 11.3. The molecule has 4 heteroatoms. The Hall–Kier alpha value is -2.36. The van der Waals surface area contributed by atoms with Crippen molar-refractivity contribution in [2.45, 2.75) is 25.9 Å². The number of hydrogen-bond donors (Lipinski definition) is 0. The van der Waals surface area contributed by atoms with Gasteiger partial charge in [-0.1, -0.05) is 78.4 Å². The summed E-state index contributed by atoms with van der Waals surface area (Å²) in [5, 5.41) is 0.732. The zero-order chi connectivity index (χ0) is 20.8. The Morgan fingerprint density at radius 1 is 0.867 bits per heavy atom. The third kappa shape index (κ3) is 5.41. The zero-order valence-corrected chi connectivity index (χ0v) is 18.5. The van der Waals surface area contributed by atoms with Crippen molar-refractivity contribution in [2.75, 3.05) is 13.1 Å². The van der Waals surface area contributed by atoms with Gasteiger partial charge in [0.05, 0.1) is 5.56 Å². The molecule has 0 radical (unpaired) electrons. The molecule has 1 heterocycles. The third-order valence-electron chi connectivity index (χ3n) is 5.69. The van der Waals surface area contributed by atoms with Crippen molar-refractivity contribution in [3.05, 3.63) is 101 Å². The van der Waals surface area contributed by atoms with E-state index in [1.807, 2.05) is 42.5 Å². The van der Waals surface area contributed by atoms with Crippen molar-refractivity contribution in [1.29, 1.82) is 0 Å². The molecule has 1 aliphatic rings. The van der Waals surface area contributed by atoms with Crippen molar-refractivity contribution in [3.63, 3.8) is 0 Å². The Bertz CT molecular complexity index is 966. The first kappa shape index (κ1) is 20.9. The van der Waals surface area contributed by atoms with E-state index in [0.717, 1.165) is 52.3 Å². The van der Waals surface area contributed by atoms with Crippen LogP contribution in [0.3, 0.4) is 0 Å². The summed E-state index contributed by atoms with van der Waals surface area (Å²) in [5.74, 6) is 1.56. The number of thiocarbonyl (C=S) groups is 1. The van der Waals surface area contributed by atoms with Crippen LogP contribution >= 0.6 is 23.8 Å². The molecule has 3 aromatic carbocycles. The van der Waals surface area contributed by atoms with Crippen LogP contribution in [0.2, 0.25) is 5.02 Å². The summed E-state index contributed by atoms with van der Waals surface area (Å²) >= 11 is 11.8. The smallest absolute Gasteiger partial charge is 0.130 e. The van der Waals surface area contributed by atoms with Crippen molar-refractivity contribution >= 4 is 28.8 Å². The molecular weight excluding hydrogens is 410 g/mol. The summed E-state index contributed by atoms with van der Waals surface area (Å²) in [6.07, 6.45) is 3.49. The molecular formula is C26H26ClNOS. The second-order valence-electron chi connectivity index (χ2n) is 7.84. The van der Waals surface area contributed by atoms with Crippen LogP contribution in [0.5, 0.6) is 5.75 Å². The van der Waals surface area contributed by atoms with Crippen molar-refractivity contribution in [3.8, 4) is 5.75 Å². The van der Waals surface area contributed by atoms with Gasteiger partial charge in [-0.25, -0.2) is 0 Å². The molecule has 2 nitrogen and oxygen atoms in total. The average Bonchev–Trinajstić information content (AvgIpc) is 2.80. The molecule has 0 amide bonds. The molecule has 0 spiro atoms. The molecule has 0 aromatic heterocycles. The summed E-state index contributed by atoms with van der Waals surface area (Å²) in [6.45, 7) is 2.50. The SMILES string of the molecule is S=C(c1ccccc1OCc1ccc(Cl)cc1)N1CCC(Cc2ccccc2)CC1. The largest absolute Gasteiger partial charge is 0.488 e. The zero-order valence-electron chi connectivity index (χ0n) is 17.0. The van der Waals surface area contributed by atoms with Gasteiger partial charge in [0.2, 0.25) is 0 Å². The van der Waals surface area contributed by atoms with Crippen LogP contribution in [0.25, 0.3) is 0 Å². The summed E-state index contributed by atoms with van der Waals surface area (Å²) in [4.78, 5) is 3.22. The molecule has 1 aliphatic heterocycles. The number of nitrogens with zero attached hydrogens (tertiary/aromatic N) is 1. The number of para-hydroxylation sites is 1.